The fourth-order valence-corrected chi connectivity index (χ4v) is 2.19. The average Bonchev–Trinajstić information content (AvgIpc) is 2.48. The van der Waals surface area contributed by atoms with Gasteiger partial charge in [-0.15, -0.1) is 0 Å². The van der Waals surface area contributed by atoms with Crippen LogP contribution in [0.25, 0.3) is 0 Å². The predicted molar refractivity (Wildman–Crippen MR) is 51.1 cm³/mol. The van der Waals surface area contributed by atoms with Crippen LogP contribution < -0.4 is 0 Å². The second-order valence-corrected chi connectivity index (χ2v) is 4.17. The van der Waals surface area contributed by atoms with Crippen molar-refractivity contribution < 1.29 is 5.11 Å². The molecule has 1 aliphatic rings. The summed E-state index contributed by atoms with van der Waals surface area (Å²) < 4.78 is 0. The van der Waals surface area contributed by atoms with Crippen molar-refractivity contribution in [1.82, 2.24) is 4.90 Å². The van der Waals surface area contributed by atoms with Gasteiger partial charge < -0.3 is 5.11 Å². The largest absolute Gasteiger partial charge is 0.395 e. The van der Waals surface area contributed by atoms with Gasteiger partial charge in [-0.3, -0.25) is 4.90 Å². The van der Waals surface area contributed by atoms with Crippen LogP contribution in [-0.2, 0) is 0 Å². The second kappa shape index (κ2) is 4.24. The lowest BCUT2D eigenvalue weighted by molar-refractivity contribution is 0.104. The molecule has 0 bridgehead atoms. The Bertz CT molecular complexity index is 138. The van der Waals surface area contributed by atoms with Gasteiger partial charge in [0.15, 0.2) is 0 Å². The van der Waals surface area contributed by atoms with Crippen molar-refractivity contribution in [2.45, 2.75) is 45.2 Å². The molecule has 1 rings (SSSR count). The molecule has 0 spiro atoms. The molecule has 12 heavy (non-hydrogen) atoms. The topological polar surface area (TPSA) is 23.5 Å². The van der Waals surface area contributed by atoms with E-state index in [1.807, 2.05) is 0 Å². The van der Waals surface area contributed by atoms with Gasteiger partial charge >= 0.3 is 0 Å². The SMILES string of the molecule is C[C@@H]1CCC[C@@H]1N(C)[C@@H](C)CO. The molecule has 1 saturated carbocycles. The van der Waals surface area contributed by atoms with Gasteiger partial charge in [-0.2, -0.15) is 0 Å². The van der Waals surface area contributed by atoms with Crippen LogP contribution in [0.15, 0.2) is 0 Å². The molecule has 0 aromatic rings. The van der Waals surface area contributed by atoms with Gasteiger partial charge in [0.1, 0.15) is 0 Å². The lowest BCUT2D eigenvalue weighted by Crippen LogP contribution is -2.41. The zero-order chi connectivity index (χ0) is 9.14. The minimum Gasteiger partial charge on any atom is -0.395 e. The number of rotatable bonds is 3. The summed E-state index contributed by atoms with van der Waals surface area (Å²) in [5, 5.41) is 9.01. The van der Waals surface area contributed by atoms with Crippen molar-refractivity contribution >= 4 is 0 Å². The highest BCUT2D eigenvalue weighted by atomic mass is 16.3. The van der Waals surface area contributed by atoms with Crippen LogP contribution in [0.3, 0.4) is 0 Å². The van der Waals surface area contributed by atoms with Gasteiger partial charge in [-0.25, -0.2) is 0 Å². The van der Waals surface area contributed by atoms with Gasteiger partial charge in [0.25, 0.3) is 0 Å². The summed E-state index contributed by atoms with van der Waals surface area (Å²) in [6, 6.07) is 1.02. The highest BCUT2D eigenvalue weighted by Gasteiger charge is 2.28. The summed E-state index contributed by atoms with van der Waals surface area (Å²) in [6.45, 7) is 4.68. The van der Waals surface area contributed by atoms with E-state index in [9.17, 15) is 0 Å². The summed E-state index contributed by atoms with van der Waals surface area (Å²) in [7, 11) is 2.13. The molecule has 0 unspecified atom stereocenters. The molecule has 2 nitrogen and oxygen atoms in total. The normalized spacial score (nSPS) is 32.8. The number of aliphatic hydroxyl groups excluding tert-OH is 1. The zero-order valence-corrected chi connectivity index (χ0v) is 8.45. The first-order valence-electron chi connectivity index (χ1n) is 4.99. The molecule has 0 aliphatic heterocycles. The third-order valence-electron chi connectivity index (χ3n) is 3.30. The van der Waals surface area contributed by atoms with Gasteiger partial charge in [0, 0.05) is 12.1 Å². The van der Waals surface area contributed by atoms with Crippen molar-refractivity contribution in [3.63, 3.8) is 0 Å². The lowest BCUT2D eigenvalue weighted by atomic mass is 10.0. The average molecular weight is 171 g/mol. The van der Waals surface area contributed by atoms with Gasteiger partial charge in [-0.05, 0) is 32.7 Å². The molecular formula is C10H21NO. The van der Waals surface area contributed by atoms with Crippen molar-refractivity contribution in [2.24, 2.45) is 5.92 Å². The number of hydrogen-bond donors (Lipinski definition) is 1. The van der Waals surface area contributed by atoms with Crippen molar-refractivity contribution in [2.75, 3.05) is 13.7 Å². The van der Waals surface area contributed by atoms with Crippen LogP contribution in [0.2, 0.25) is 0 Å². The summed E-state index contributed by atoms with van der Waals surface area (Å²) in [6.07, 6.45) is 4.02. The van der Waals surface area contributed by atoms with E-state index in [-0.39, 0.29) is 6.61 Å². The van der Waals surface area contributed by atoms with Crippen LogP contribution >= 0.6 is 0 Å². The molecule has 1 N–H and O–H groups in total. The van der Waals surface area contributed by atoms with Crippen molar-refractivity contribution in [3.8, 4) is 0 Å². The quantitative estimate of drug-likeness (QED) is 0.695. The maximum Gasteiger partial charge on any atom is 0.0584 e. The minimum absolute atomic E-state index is 0.278. The molecular weight excluding hydrogens is 150 g/mol. The third kappa shape index (κ3) is 1.99. The van der Waals surface area contributed by atoms with E-state index >= 15 is 0 Å². The Morgan fingerprint density at radius 1 is 1.50 bits per heavy atom. The Labute approximate surface area is 75.6 Å². The van der Waals surface area contributed by atoms with E-state index in [0.717, 1.165) is 5.92 Å². The Kier molecular flexibility index (Phi) is 3.53. The third-order valence-corrected chi connectivity index (χ3v) is 3.30. The fourth-order valence-electron chi connectivity index (χ4n) is 2.19. The van der Waals surface area contributed by atoms with Crippen molar-refractivity contribution in [1.29, 1.82) is 0 Å². The Balaban J connectivity index is 2.45. The van der Waals surface area contributed by atoms with Gasteiger partial charge in [0.2, 0.25) is 0 Å². The molecule has 72 valence electrons. The number of hydrogen-bond acceptors (Lipinski definition) is 2. The fraction of sp³-hybridized carbons (Fsp3) is 1.00. The first kappa shape index (κ1) is 10.0. The molecule has 2 heteroatoms. The molecule has 1 fully saturated rings. The highest BCUT2D eigenvalue weighted by Crippen LogP contribution is 2.29. The first-order chi connectivity index (χ1) is 5.66. The maximum absolute atomic E-state index is 9.01. The molecule has 0 saturated heterocycles. The molecule has 1 aliphatic carbocycles. The maximum atomic E-state index is 9.01. The van der Waals surface area contributed by atoms with Gasteiger partial charge in [0.05, 0.1) is 6.61 Å². The van der Waals surface area contributed by atoms with E-state index < -0.39 is 0 Å². The van der Waals surface area contributed by atoms with Crippen LogP contribution in [0.1, 0.15) is 33.1 Å². The summed E-state index contributed by atoms with van der Waals surface area (Å²) in [4.78, 5) is 2.33. The molecule has 0 heterocycles. The lowest BCUT2D eigenvalue weighted by Gasteiger charge is -2.32. The van der Waals surface area contributed by atoms with E-state index in [1.165, 1.54) is 19.3 Å². The molecule has 3 atom stereocenters. The van der Waals surface area contributed by atoms with E-state index in [0.29, 0.717) is 12.1 Å². The summed E-state index contributed by atoms with van der Waals surface area (Å²) >= 11 is 0. The number of likely N-dealkylation sites (N-methyl/N-ethyl adjacent to an activating group) is 1. The Morgan fingerprint density at radius 3 is 2.58 bits per heavy atom. The number of aliphatic hydroxyl groups is 1. The molecule has 0 aromatic heterocycles. The molecule has 0 aromatic carbocycles. The summed E-state index contributed by atoms with van der Waals surface area (Å²) in [5.74, 6) is 0.809. The smallest absolute Gasteiger partial charge is 0.0584 e. The van der Waals surface area contributed by atoms with Crippen molar-refractivity contribution in [3.05, 3.63) is 0 Å². The Hall–Kier alpha value is -0.0800. The second-order valence-electron chi connectivity index (χ2n) is 4.17. The van der Waals surface area contributed by atoms with Crippen LogP contribution in [0.5, 0.6) is 0 Å². The summed E-state index contributed by atoms with van der Waals surface area (Å²) in [5.41, 5.74) is 0. The minimum atomic E-state index is 0.278. The van der Waals surface area contributed by atoms with Crippen LogP contribution in [-0.4, -0.2) is 35.7 Å². The molecule has 0 amide bonds. The van der Waals surface area contributed by atoms with E-state index in [1.54, 1.807) is 0 Å². The molecule has 0 radical (unpaired) electrons. The van der Waals surface area contributed by atoms with Crippen LogP contribution in [0, 0.1) is 5.92 Å². The van der Waals surface area contributed by atoms with Gasteiger partial charge in [-0.1, -0.05) is 13.3 Å². The zero-order valence-electron chi connectivity index (χ0n) is 8.45. The predicted octanol–water partition coefficient (Wildman–Crippen LogP) is 1.49. The Morgan fingerprint density at radius 2 is 2.17 bits per heavy atom. The number of nitrogens with zero attached hydrogens (tertiary/aromatic N) is 1. The van der Waals surface area contributed by atoms with E-state index in [4.69, 9.17) is 5.11 Å². The highest BCUT2D eigenvalue weighted by molar-refractivity contribution is 4.83. The first-order valence-corrected chi connectivity index (χ1v) is 4.99. The monoisotopic (exact) mass is 171 g/mol. The van der Waals surface area contributed by atoms with Crippen LogP contribution in [0.4, 0.5) is 0 Å². The van der Waals surface area contributed by atoms with E-state index in [2.05, 4.69) is 25.8 Å². The standard InChI is InChI=1S/C10H21NO/c1-8-5-4-6-10(8)11(3)9(2)7-12/h8-10,12H,4-7H2,1-3H3/t8-,9+,10+/m1/s1.